The van der Waals surface area contributed by atoms with Crippen molar-refractivity contribution in [1.82, 2.24) is 4.98 Å². The second kappa shape index (κ2) is 5.12. The highest BCUT2D eigenvalue weighted by atomic mass is 16.5. The Morgan fingerprint density at radius 3 is 2.65 bits per heavy atom. The number of carbonyl (C=O) groups is 1. The molecular formula is C13H11NO3. The Morgan fingerprint density at radius 2 is 1.94 bits per heavy atom. The zero-order valence-electron chi connectivity index (χ0n) is 9.05. The predicted octanol–water partition coefficient (Wildman–Crippen LogP) is 1.77. The van der Waals surface area contributed by atoms with Gasteiger partial charge in [-0.2, -0.15) is 0 Å². The fourth-order valence-electron chi connectivity index (χ4n) is 1.41. The fraction of sp³-hybridized carbons (Fsp3) is 0.0769. The summed E-state index contributed by atoms with van der Waals surface area (Å²) in [6, 6.07) is 9.49. The lowest BCUT2D eigenvalue weighted by Gasteiger charge is -2.05. The summed E-state index contributed by atoms with van der Waals surface area (Å²) in [5.41, 5.74) is 0.633. The van der Waals surface area contributed by atoms with Gasteiger partial charge in [0.25, 0.3) is 0 Å². The van der Waals surface area contributed by atoms with Gasteiger partial charge in [0.05, 0.1) is 5.56 Å². The lowest BCUT2D eigenvalue weighted by Crippen LogP contribution is -2.12. The Kier molecular flexibility index (Phi) is 3.35. The molecule has 1 aromatic carbocycles. The van der Waals surface area contributed by atoms with E-state index in [1.165, 1.54) is 12.4 Å². The van der Waals surface area contributed by atoms with Crippen LogP contribution in [0.2, 0.25) is 0 Å². The van der Waals surface area contributed by atoms with Gasteiger partial charge in [-0.3, -0.25) is 9.59 Å². The van der Waals surface area contributed by atoms with Crippen molar-refractivity contribution in [3.63, 3.8) is 0 Å². The third-order valence-electron chi connectivity index (χ3n) is 2.30. The number of H-pyrrole nitrogens is 1. The maximum Gasteiger partial charge on any atom is 0.233 e. The minimum absolute atomic E-state index is 0.0653. The molecule has 0 aliphatic rings. The molecular weight excluding hydrogens is 218 g/mol. The molecule has 0 aliphatic heterocycles. The van der Waals surface area contributed by atoms with E-state index in [0.29, 0.717) is 12.9 Å². The number of aromatic nitrogens is 1. The van der Waals surface area contributed by atoms with Crippen LogP contribution in [0.4, 0.5) is 0 Å². The molecule has 0 saturated heterocycles. The molecule has 1 heterocycles. The number of aldehydes is 1. The molecule has 0 spiro atoms. The molecule has 17 heavy (non-hydrogen) atoms. The van der Waals surface area contributed by atoms with Gasteiger partial charge in [0.2, 0.25) is 5.43 Å². The Morgan fingerprint density at radius 1 is 1.18 bits per heavy atom. The van der Waals surface area contributed by atoms with Crippen LogP contribution < -0.4 is 10.2 Å². The molecule has 1 N–H and O–H groups in total. The van der Waals surface area contributed by atoms with Crippen LogP contribution in [0.25, 0.3) is 0 Å². The van der Waals surface area contributed by atoms with Crippen LogP contribution >= 0.6 is 0 Å². The number of aromatic amines is 1. The van der Waals surface area contributed by atoms with Crippen molar-refractivity contribution >= 4 is 6.29 Å². The average molecular weight is 229 g/mol. The quantitative estimate of drug-likeness (QED) is 0.813. The van der Waals surface area contributed by atoms with Gasteiger partial charge in [-0.25, -0.2) is 0 Å². The van der Waals surface area contributed by atoms with Gasteiger partial charge in [-0.1, -0.05) is 30.3 Å². The summed E-state index contributed by atoms with van der Waals surface area (Å²) < 4.78 is 5.36. The third-order valence-corrected chi connectivity index (χ3v) is 2.30. The first kappa shape index (κ1) is 11.1. The molecule has 0 fully saturated rings. The van der Waals surface area contributed by atoms with Crippen molar-refractivity contribution in [3.8, 4) is 5.75 Å². The summed E-state index contributed by atoms with van der Waals surface area (Å²) in [7, 11) is 0. The number of rotatable bonds is 4. The molecule has 2 rings (SSSR count). The van der Waals surface area contributed by atoms with E-state index in [1.54, 1.807) is 0 Å². The SMILES string of the molecule is O=Cc1c[nH]cc(OCc2ccccc2)c1=O. The summed E-state index contributed by atoms with van der Waals surface area (Å²) in [6.07, 6.45) is 3.30. The van der Waals surface area contributed by atoms with Crippen molar-refractivity contribution in [1.29, 1.82) is 0 Å². The molecule has 0 saturated carbocycles. The van der Waals surface area contributed by atoms with E-state index in [9.17, 15) is 9.59 Å². The molecule has 4 heteroatoms. The summed E-state index contributed by atoms with van der Waals surface area (Å²) >= 11 is 0. The second-order valence-corrected chi connectivity index (χ2v) is 3.50. The Bertz CT molecular complexity index is 560. The highest BCUT2D eigenvalue weighted by molar-refractivity contribution is 5.74. The minimum Gasteiger partial charge on any atom is -0.483 e. The van der Waals surface area contributed by atoms with Gasteiger partial charge in [0.1, 0.15) is 6.61 Å². The zero-order chi connectivity index (χ0) is 12.1. The van der Waals surface area contributed by atoms with Gasteiger partial charge in [-0.05, 0) is 5.56 Å². The van der Waals surface area contributed by atoms with E-state index < -0.39 is 5.43 Å². The Hall–Kier alpha value is -2.36. The third kappa shape index (κ3) is 2.60. The summed E-state index contributed by atoms with van der Waals surface area (Å²) in [6.45, 7) is 0.298. The van der Waals surface area contributed by atoms with Crippen LogP contribution in [0.15, 0.2) is 47.5 Å². The van der Waals surface area contributed by atoms with Crippen LogP contribution in [0.5, 0.6) is 5.75 Å². The van der Waals surface area contributed by atoms with Crippen molar-refractivity contribution in [3.05, 3.63) is 64.1 Å². The number of benzene rings is 1. The first-order chi connectivity index (χ1) is 8.31. The summed E-state index contributed by atoms with van der Waals surface area (Å²) in [5, 5.41) is 0. The molecule has 0 atom stereocenters. The lowest BCUT2D eigenvalue weighted by atomic mass is 10.2. The molecule has 0 aliphatic carbocycles. The van der Waals surface area contributed by atoms with Crippen molar-refractivity contribution < 1.29 is 9.53 Å². The average Bonchev–Trinajstić information content (AvgIpc) is 2.39. The van der Waals surface area contributed by atoms with E-state index in [2.05, 4.69) is 4.98 Å². The molecule has 2 aromatic rings. The molecule has 0 radical (unpaired) electrons. The maximum atomic E-state index is 11.6. The van der Waals surface area contributed by atoms with Gasteiger partial charge < -0.3 is 9.72 Å². The van der Waals surface area contributed by atoms with Crippen molar-refractivity contribution in [2.45, 2.75) is 6.61 Å². The summed E-state index contributed by atoms with van der Waals surface area (Å²) in [5.74, 6) is 0.151. The molecule has 86 valence electrons. The summed E-state index contributed by atoms with van der Waals surface area (Å²) in [4.78, 5) is 24.9. The smallest absolute Gasteiger partial charge is 0.233 e. The fourth-order valence-corrected chi connectivity index (χ4v) is 1.41. The van der Waals surface area contributed by atoms with Gasteiger partial charge in [-0.15, -0.1) is 0 Å². The standard InChI is InChI=1S/C13H11NO3/c15-8-11-6-14-7-12(13(11)16)17-9-10-4-2-1-3-5-10/h1-8H,9H2,(H,14,16). The van der Waals surface area contributed by atoms with Gasteiger partial charge in [0, 0.05) is 12.4 Å². The Labute approximate surface area is 97.9 Å². The van der Waals surface area contributed by atoms with Crippen LogP contribution in [-0.4, -0.2) is 11.3 Å². The predicted molar refractivity (Wildman–Crippen MR) is 63.2 cm³/mol. The topological polar surface area (TPSA) is 59.2 Å². The second-order valence-electron chi connectivity index (χ2n) is 3.50. The normalized spacial score (nSPS) is 9.88. The van der Waals surface area contributed by atoms with E-state index in [4.69, 9.17) is 4.74 Å². The van der Waals surface area contributed by atoms with Gasteiger partial charge >= 0.3 is 0 Å². The first-order valence-corrected chi connectivity index (χ1v) is 5.14. The van der Waals surface area contributed by atoms with E-state index in [0.717, 1.165) is 5.56 Å². The van der Waals surface area contributed by atoms with Crippen molar-refractivity contribution in [2.24, 2.45) is 0 Å². The zero-order valence-corrected chi connectivity index (χ0v) is 9.05. The number of ether oxygens (including phenoxy) is 1. The highest BCUT2D eigenvalue weighted by Gasteiger charge is 2.05. The van der Waals surface area contributed by atoms with Gasteiger partial charge in [0.15, 0.2) is 12.0 Å². The highest BCUT2D eigenvalue weighted by Crippen LogP contribution is 2.06. The maximum absolute atomic E-state index is 11.6. The van der Waals surface area contributed by atoms with Crippen LogP contribution in [0, 0.1) is 0 Å². The number of carbonyl (C=O) groups excluding carboxylic acids is 1. The number of nitrogens with one attached hydrogen (secondary N) is 1. The van der Waals surface area contributed by atoms with E-state index >= 15 is 0 Å². The number of hydrogen-bond acceptors (Lipinski definition) is 3. The van der Waals surface area contributed by atoms with Crippen molar-refractivity contribution in [2.75, 3.05) is 0 Å². The van der Waals surface area contributed by atoms with Crippen LogP contribution in [-0.2, 0) is 6.61 Å². The lowest BCUT2D eigenvalue weighted by molar-refractivity contribution is 0.112. The molecule has 0 amide bonds. The monoisotopic (exact) mass is 229 g/mol. The van der Waals surface area contributed by atoms with E-state index in [-0.39, 0.29) is 11.3 Å². The first-order valence-electron chi connectivity index (χ1n) is 5.14. The van der Waals surface area contributed by atoms with E-state index in [1.807, 2.05) is 30.3 Å². The van der Waals surface area contributed by atoms with Crippen LogP contribution in [0.1, 0.15) is 15.9 Å². The minimum atomic E-state index is -0.394. The molecule has 1 aromatic heterocycles. The number of pyridine rings is 1. The molecule has 0 unspecified atom stereocenters. The molecule has 0 bridgehead atoms. The Balaban J connectivity index is 2.15. The largest absolute Gasteiger partial charge is 0.483 e. The number of hydrogen-bond donors (Lipinski definition) is 1. The van der Waals surface area contributed by atoms with Crippen LogP contribution in [0.3, 0.4) is 0 Å². The molecule has 4 nitrogen and oxygen atoms in total.